The summed E-state index contributed by atoms with van der Waals surface area (Å²) in [5.74, 6) is -1.50. The van der Waals surface area contributed by atoms with Gasteiger partial charge in [0.2, 0.25) is 5.78 Å². The molecule has 7 nitrogen and oxygen atoms in total. The highest BCUT2D eigenvalue weighted by atomic mass is 35.5. The summed E-state index contributed by atoms with van der Waals surface area (Å²) in [5, 5.41) is 13.1. The Labute approximate surface area is 231 Å². The van der Waals surface area contributed by atoms with Crippen molar-refractivity contribution in [1.82, 2.24) is 4.98 Å². The molecule has 1 aliphatic carbocycles. The Kier molecular flexibility index (Phi) is 7.43. The monoisotopic (exact) mass is 539 g/mol. The van der Waals surface area contributed by atoms with Crippen LogP contribution in [-0.4, -0.2) is 34.3 Å². The van der Waals surface area contributed by atoms with Crippen LogP contribution < -0.4 is 10.2 Å². The highest BCUT2D eigenvalue weighted by Crippen LogP contribution is 2.35. The van der Waals surface area contributed by atoms with Crippen LogP contribution in [0.2, 0.25) is 5.02 Å². The van der Waals surface area contributed by atoms with Gasteiger partial charge >= 0.3 is 5.97 Å². The molecule has 0 saturated heterocycles. The molecular weight excluding hydrogens is 514 g/mol. The second-order valence-corrected chi connectivity index (χ2v) is 10.1. The third kappa shape index (κ3) is 6.16. The molecule has 0 unspecified atom stereocenters. The SMILES string of the molecule is Cc1ccc(C(=O)Nc2ccc(C(=O)c3ccc(N(CC4CC4)c4ccc(Cl)cc4)cn3)cc2C(=O)O)cc1. The minimum atomic E-state index is -1.26. The van der Waals surface area contributed by atoms with Gasteiger partial charge in [0.1, 0.15) is 5.69 Å². The first-order valence-corrected chi connectivity index (χ1v) is 13.0. The van der Waals surface area contributed by atoms with Gasteiger partial charge in [-0.2, -0.15) is 0 Å². The molecule has 1 fully saturated rings. The Hall–Kier alpha value is -4.49. The Morgan fingerprint density at radius 3 is 2.21 bits per heavy atom. The number of aryl methyl sites for hydroxylation is 1. The molecule has 4 aromatic rings. The van der Waals surface area contributed by atoms with Crippen LogP contribution in [-0.2, 0) is 0 Å². The number of aromatic carboxylic acids is 1. The molecule has 1 amide bonds. The van der Waals surface area contributed by atoms with Gasteiger partial charge in [-0.05, 0) is 92.4 Å². The van der Waals surface area contributed by atoms with Crippen LogP contribution in [0.4, 0.5) is 17.1 Å². The van der Waals surface area contributed by atoms with E-state index in [1.165, 1.54) is 31.0 Å². The number of nitrogens with one attached hydrogen (secondary N) is 1. The minimum absolute atomic E-state index is 0.103. The third-order valence-corrected chi connectivity index (χ3v) is 6.89. The highest BCUT2D eigenvalue weighted by Gasteiger charge is 2.26. The maximum Gasteiger partial charge on any atom is 0.337 e. The zero-order valence-electron chi connectivity index (χ0n) is 21.2. The van der Waals surface area contributed by atoms with Crippen molar-refractivity contribution in [2.75, 3.05) is 16.8 Å². The first-order valence-electron chi connectivity index (χ1n) is 12.6. The second kappa shape index (κ2) is 11.1. The summed E-state index contributed by atoms with van der Waals surface area (Å²) in [6.45, 7) is 2.75. The molecule has 0 radical (unpaired) electrons. The van der Waals surface area contributed by atoms with E-state index in [2.05, 4.69) is 15.2 Å². The van der Waals surface area contributed by atoms with Crippen LogP contribution in [0, 0.1) is 12.8 Å². The maximum atomic E-state index is 13.2. The van der Waals surface area contributed by atoms with E-state index in [1.807, 2.05) is 37.3 Å². The van der Waals surface area contributed by atoms with Crippen molar-refractivity contribution in [2.24, 2.45) is 5.92 Å². The summed E-state index contributed by atoms with van der Waals surface area (Å²) in [7, 11) is 0. The molecule has 5 rings (SSSR count). The molecule has 1 heterocycles. The van der Waals surface area contributed by atoms with Crippen molar-refractivity contribution in [3.63, 3.8) is 0 Å². The van der Waals surface area contributed by atoms with Gasteiger partial charge < -0.3 is 15.3 Å². The number of carbonyl (C=O) groups excluding carboxylic acids is 2. The molecule has 0 spiro atoms. The van der Waals surface area contributed by atoms with Crippen LogP contribution in [0.25, 0.3) is 0 Å². The predicted molar refractivity (Wildman–Crippen MR) is 151 cm³/mol. The summed E-state index contributed by atoms with van der Waals surface area (Å²) in [6, 6.07) is 22.2. The lowest BCUT2D eigenvalue weighted by Crippen LogP contribution is -2.20. The molecule has 0 bridgehead atoms. The van der Waals surface area contributed by atoms with Gasteiger partial charge in [0.05, 0.1) is 23.1 Å². The van der Waals surface area contributed by atoms with Gasteiger partial charge in [-0.15, -0.1) is 0 Å². The molecule has 2 N–H and O–H groups in total. The average molecular weight is 540 g/mol. The first kappa shape index (κ1) is 26.1. The van der Waals surface area contributed by atoms with Gasteiger partial charge in [0, 0.05) is 28.4 Å². The summed E-state index contributed by atoms with van der Waals surface area (Å²) in [4.78, 5) is 44.4. The minimum Gasteiger partial charge on any atom is -0.478 e. The molecule has 39 heavy (non-hydrogen) atoms. The van der Waals surface area contributed by atoms with E-state index in [-0.39, 0.29) is 22.5 Å². The fraction of sp³-hybridized carbons (Fsp3) is 0.161. The Balaban J connectivity index is 1.36. The number of pyridine rings is 1. The summed E-state index contributed by atoms with van der Waals surface area (Å²) in [5.41, 5.74) is 3.51. The number of carbonyl (C=O) groups is 3. The summed E-state index contributed by atoms with van der Waals surface area (Å²) < 4.78 is 0. The summed E-state index contributed by atoms with van der Waals surface area (Å²) >= 11 is 6.07. The number of rotatable bonds is 9. The average Bonchev–Trinajstić information content (AvgIpc) is 3.77. The van der Waals surface area contributed by atoms with Crippen molar-refractivity contribution in [3.8, 4) is 0 Å². The number of hydrogen-bond donors (Lipinski definition) is 2. The van der Waals surface area contributed by atoms with Gasteiger partial charge in [-0.1, -0.05) is 29.3 Å². The molecule has 8 heteroatoms. The molecule has 3 aromatic carbocycles. The molecule has 196 valence electrons. The smallest absolute Gasteiger partial charge is 0.337 e. The van der Waals surface area contributed by atoms with E-state index in [0.29, 0.717) is 16.5 Å². The van der Waals surface area contributed by atoms with E-state index >= 15 is 0 Å². The van der Waals surface area contributed by atoms with Crippen LogP contribution in [0.5, 0.6) is 0 Å². The van der Waals surface area contributed by atoms with E-state index in [9.17, 15) is 19.5 Å². The number of nitrogens with zero attached hydrogens (tertiary/aromatic N) is 2. The van der Waals surface area contributed by atoms with Crippen LogP contribution >= 0.6 is 11.6 Å². The quantitative estimate of drug-likeness (QED) is 0.228. The largest absolute Gasteiger partial charge is 0.478 e. The van der Waals surface area contributed by atoms with Gasteiger partial charge in [0.15, 0.2) is 0 Å². The van der Waals surface area contributed by atoms with Crippen LogP contribution in [0.1, 0.15) is 55.2 Å². The number of ketones is 1. The second-order valence-electron chi connectivity index (χ2n) is 9.65. The van der Waals surface area contributed by atoms with E-state index in [4.69, 9.17) is 11.6 Å². The third-order valence-electron chi connectivity index (χ3n) is 6.64. The van der Waals surface area contributed by atoms with E-state index in [1.54, 1.807) is 36.5 Å². The van der Waals surface area contributed by atoms with Crippen molar-refractivity contribution in [1.29, 1.82) is 0 Å². The van der Waals surface area contributed by atoms with Crippen molar-refractivity contribution >= 4 is 46.3 Å². The Bertz CT molecular complexity index is 1530. The highest BCUT2D eigenvalue weighted by molar-refractivity contribution is 6.30. The molecular formula is C31H26ClN3O4. The van der Waals surface area contributed by atoms with Crippen LogP contribution in [0.15, 0.2) is 85.1 Å². The number of benzene rings is 3. The number of aromatic nitrogens is 1. The number of carboxylic acids is 1. The fourth-order valence-corrected chi connectivity index (χ4v) is 4.36. The Morgan fingerprint density at radius 1 is 0.923 bits per heavy atom. The lowest BCUT2D eigenvalue weighted by atomic mass is 10.0. The topological polar surface area (TPSA) is 99.6 Å². The molecule has 1 aliphatic rings. The molecule has 0 aliphatic heterocycles. The molecule has 1 saturated carbocycles. The normalized spacial score (nSPS) is 12.6. The van der Waals surface area contributed by atoms with Crippen molar-refractivity contribution in [3.05, 3.63) is 118 Å². The van der Waals surface area contributed by atoms with E-state index < -0.39 is 17.7 Å². The molecule has 1 aromatic heterocycles. The summed E-state index contributed by atoms with van der Waals surface area (Å²) in [6.07, 6.45) is 4.02. The number of hydrogen-bond acceptors (Lipinski definition) is 5. The Morgan fingerprint density at radius 2 is 1.59 bits per heavy atom. The lowest BCUT2D eigenvalue weighted by molar-refractivity contribution is 0.0698. The zero-order chi connectivity index (χ0) is 27.5. The number of amides is 1. The lowest BCUT2D eigenvalue weighted by Gasteiger charge is -2.25. The van der Waals surface area contributed by atoms with E-state index in [0.717, 1.165) is 23.5 Å². The fourth-order valence-electron chi connectivity index (χ4n) is 4.24. The van der Waals surface area contributed by atoms with Gasteiger partial charge in [-0.25, -0.2) is 4.79 Å². The zero-order valence-corrected chi connectivity index (χ0v) is 22.0. The van der Waals surface area contributed by atoms with Crippen molar-refractivity contribution in [2.45, 2.75) is 19.8 Å². The van der Waals surface area contributed by atoms with Crippen LogP contribution in [0.3, 0.4) is 0 Å². The van der Waals surface area contributed by atoms with Crippen molar-refractivity contribution < 1.29 is 19.5 Å². The number of carboxylic acid groups (broad SMARTS) is 1. The standard InChI is InChI=1S/C31H26ClN3O4/c1-19-2-6-21(7-3-19)30(37)34-27-14-8-22(16-26(27)31(38)39)29(36)28-15-13-25(17-33-28)35(18-20-4-5-20)24-11-9-23(32)10-12-24/h2-3,6-17,20H,4-5,18H2,1H3,(H,34,37)(H,38,39). The number of anilines is 3. The maximum absolute atomic E-state index is 13.2. The number of halogens is 1. The first-order chi connectivity index (χ1) is 18.8. The van der Waals surface area contributed by atoms with Gasteiger partial charge in [-0.3, -0.25) is 14.6 Å². The predicted octanol–water partition coefficient (Wildman–Crippen LogP) is 6.77. The molecule has 0 atom stereocenters. The van der Waals surface area contributed by atoms with Gasteiger partial charge in [0.25, 0.3) is 5.91 Å².